The van der Waals surface area contributed by atoms with Crippen molar-refractivity contribution in [3.8, 4) is 0 Å². The molecule has 0 spiro atoms. The van der Waals surface area contributed by atoms with E-state index in [1.807, 2.05) is 0 Å². The van der Waals surface area contributed by atoms with Crippen molar-refractivity contribution >= 4 is 23.0 Å². The molecule has 1 saturated heterocycles. The number of nitrogens with one attached hydrogen (secondary N) is 1. The number of piperidine rings is 1. The van der Waals surface area contributed by atoms with Crippen molar-refractivity contribution in [2.45, 2.75) is 19.3 Å². The molecular weight excluding hydrogens is 229 g/mol. The lowest BCUT2D eigenvalue weighted by molar-refractivity contribution is 0.273. The van der Waals surface area contributed by atoms with Crippen LogP contribution in [0.2, 0.25) is 5.02 Å². The Bertz CT molecular complexity index is 378. The topological polar surface area (TPSA) is 41.3 Å². The fourth-order valence-electron chi connectivity index (χ4n) is 1.84. The second kappa shape index (κ2) is 4.89. The monoisotopic (exact) mass is 243 g/mol. The molecule has 1 aromatic carbocycles. The number of nitrogens with zero attached hydrogens (tertiary/aromatic N) is 1. The van der Waals surface area contributed by atoms with Gasteiger partial charge in [0.05, 0.1) is 16.4 Å². The second-order valence-electron chi connectivity index (χ2n) is 4.01. The molecule has 3 nitrogen and oxygen atoms in total. The Balaban J connectivity index is 2.11. The maximum Gasteiger partial charge on any atom is 0.144 e. The highest BCUT2D eigenvalue weighted by molar-refractivity contribution is 6.31. The summed E-state index contributed by atoms with van der Waals surface area (Å²) in [6.07, 6.45) is 3.56. The van der Waals surface area contributed by atoms with Crippen molar-refractivity contribution in [3.63, 3.8) is 0 Å². The van der Waals surface area contributed by atoms with Gasteiger partial charge in [-0.1, -0.05) is 18.0 Å². The van der Waals surface area contributed by atoms with E-state index in [1.54, 1.807) is 0 Å². The average molecular weight is 244 g/mol. The van der Waals surface area contributed by atoms with E-state index in [9.17, 15) is 4.39 Å². The zero-order chi connectivity index (χ0) is 11.5. The predicted octanol–water partition coefficient (Wildman–Crippen LogP) is 2.87. The highest BCUT2D eigenvalue weighted by Gasteiger charge is 2.12. The first-order valence-corrected chi connectivity index (χ1v) is 5.81. The number of hydrogen-bond acceptors (Lipinski definition) is 3. The van der Waals surface area contributed by atoms with Crippen LogP contribution in [0.4, 0.5) is 15.8 Å². The van der Waals surface area contributed by atoms with E-state index >= 15 is 0 Å². The van der Waals surface area contributed by atoms with Crippen LogP contribution in [-0.4, -0.2) is 18.1 Å². The highest BCUT2D eigenvalue weighted by Crippen LogP contribution is 2.27. The fourth-order valence-corrected chi connectivity index (χ4v) is 2.01. The third kappa shape index (κ3) is 2.57. The molecule has 1 heterocycles. The van der Waals surface area contributed by atoms with Crippen molar-refractivity contribution in [1.29, 1.82) is 0 Å². The molecule has 0 saturated carbocycles. The number of halogens is 2. The van der Waals surface area contributed by atoms with Crippen molar-refractivity contribution in [1.82, 2.24) is 5.01 Å². The van der Waals surface area contributed by atoms with Crippen molar-refractivity contribution in [2.24, 2.45) is 0 Å². The zero-order valence-corrected chi connectivity index (χ0v) is 9.73. The summed E-state index contributed by atoms with van der Waals surface area (Å²) >= 11 is 5.63. The first-order valence-electron chi connectivity index (χ1n) is 5.43. The van der Waals surface area contributed by atoms with Gasteiger partial charge in [0.25, 0.3) is 0 Å². The van der Waals surface area contributed by atoms with Gasteiger partial charge in [-0.2, -0.15) is 0 Å². The summed E-state index contributed by atoms with van der Waals surface area (Å²) in [5.74, 6) is -0.449. The maximum atomic E-state index is 13.3. The molecule has 0 unspecified atom stereocenters. The normalized spacial score (nSPS) is 17.4. The standard InChI is InChI=1S/C11H15ClFN3/c12-8-6-10(14)11(7-9(8)13)15-16-4-2-1-3-5-16/h6-7,15H,1-5,14H2. The van der Waals surface area contributed by atoms with Gasteiger partial charge in [0, 0.05) is 19.2 Å². The molecule has 1 aromatic rings. The molecule has 0 aromatic heterocycles. The minimum atomic E-state index is -0.449. The van der Waals surface area contributed by atoms with Crippen LogP contribution in [0.3, 0.4) is 0 Å². The molecule has 1 aliphatic rings. The molecule has 5 heteroatoms. The van der Waals surface area contributed by atoms with E-state index in [0.717, 1.165) is 25.9 Å². The van der Waals surface area contributed by atoms with E-state index in [2.05, 4.69) is 10.4 Å². The Morgan fingerprint density at radius 3 is 2.62 bits per heavy atom. The average Bonchev–Trinajstić information content (AvgIpc) is 2.27. The summed E-state index contributed by atoms with van der Waals surface area (Å²) in [5.41, 5.74) is 9.95. The Morgan fingerprint density at radius 1 is 1.25 bits per heavy atom. The van der Waals surface area contributed by atoms with E-state index in [1.165, 1.54) is 18.6 Å². The minimum absolute atomic E-state index is 0.0571. The number of nitrogens with two attached hydrogens (primary N) is 1. The van der Waals surface area contributed by atoms with Crippen LogP contribution in [0.5, 0.6) is 0 Å². The highest BCUT2D eigenvalue weighted by atomic mass is 35.5. The van der Waals surface area contributed by atoms with Crippen LogP contribution >= 0.6 is 11.6 Å². The van der Waals surface area contributed by atoms with Gasteiger partial charge in [0.2, 0.25) is 0 Å². The number of benzene rings is 1. The largest absolute Gasteiger partial charge is 0.397 e. The van der Waals surface area contributed by atoms with Gasteiger partial charge in [0.15, 0.2) is 0 Å². The zero-order valence-electron chi connectivity index (χ0n) is 8.97. The van der Waals surface area contributed by atoms with Crippen LogP contribution in [-0.2, 0) is 0 Å². The molecule has 0 radical (unpaired) electrons. The van der Waals surface area contributed by atoms with E-state index < -0.39 is 5.82 Å². The lowest BCUT2D eigenvalue weighted by Crippen LogP contribution is -2.35. The van der Waals surface area contributed by atoms with Gasteiger partial charge in [0.1, 0.15) is 5.82 Å². The molecule has 0 amide bonds. The molecule has 1 fully saturated rings. The lowest BCUT2D eigenvalue weighted by Gasteiger charge is -2.28. The first kappa shape index (κ1) is 11.5. The Hall–Kier alpha value is -1.00. The van der Waals surface area contributed by atoms with Crippen LogP contribution in [0.1, 0.15) is 19.3 Å². The fraction of sp³-hybridized carbons (Fsp3) is 0.455. The van der Waals surface area contributed by atoms with Gasteiger partial charge < -0.3 is 11.2 Å². The number of hydrogen-bond donors (Lipinski definition) is 2. The molecular formula is C11H15ClFN3. The quantitative estimate of drug-likeness (QED) is 0.785. The van der Waals surface area contributed by atoms with Crippen molar-refractivity contribution in [3.05, 3.63) is 23.0 Å². The first-order chi connectivity index (χ1) is 7.66. The van der Waals surface area contributed by atoms with Gasteiger partial charge in [-0.15, -0.1) is 0 Å². The van der Waals surface area contributed by atoms with Gasteiger partial charge in [-0.3, -0.25) is 0 Å². The summed E-state index contributed by atoms with van der Waals surface area (Å²) < 4.78 is 13.3. The Labute approximate surface area is 99.3 Å². The van der Waals surface area contributed by atoms with Gasteiger partial charge in [-0.05, 0) is 18.9 Å². The third-order valence-corrected chi connectivity index (χ3v) is 3.02. The van der Waals surface area contributed by atoms with Crippen molar-refractivity contribution in [2.75, 3.05) is 24.2 Å². The molecule has 88 valence electrons. The summed E-state index contributed by atoms with van der Waals surface area (Å²) in [7, 11) is 0. The number of nitrogen functional groups attached to an aromatic ring is 1. The van der Waals surface area contributed by atoms with Gasteiger partial charge >= 0.3 is 0 Å². The van der Waals surface area contributed by atoms with Gasteiger partial charge in [-0.25, -0.2) is 9.40 Å². The second-order valence-corrected chi connectivity index (χ2v) is 4.42. The third-order valence-electron chi connectivity index (χ3n) is 2.73. The Morgan fingerprint density at radius 2 is 1.94 bits per heavy atom. The maximum absolute atomic E-state index is 13.3. The molecule has 2 rings (SSSR count). The van der Waals surface area contributed by atoms with Crippen LogP contribution in [0.25, 0.3) is 0 Å². The minimum Gasteiger partial charge on any atom is -0.397 e. The van der Waals surface area contributed by atoms with Crippen molar-refractivity contribution < 1.29 is 4.39 Å². The SMILES string of the molecule is Nc1cc(Cl)c(F)cc1NN1CCCCC1. The molecule has 0 aliphatic carbocycles. The molecule has 1 aliphatic heterocycles. The predicted molar refractivity (Wildman–Crippen MR) is 64.9 cm³/mol. The molecule has 16 heavy (non-hydrogen) atoms. The van der Waals surface area contributed by atoms with E-state index in [0.29, 0.717) is 11.4 Å². The Kier molecular flexibility index (Phi) is 3.51. The van der Waals surface area contributed by atoms with E-state index in [-0.39, 0.29) is 5.02 Å². The lowest BCUT2D eigenvalue weighted by atomic mass is 10.2. The van der Waals surface area contributed by atoms with E-state index in [4.69, 9.17) is 17.3 Å². The summed E-state index contributed by atoms with van der Waals surface area (Å²) in [6, 6.07) is 2.77. The molecule has 0 atom stereocenters. The number of rotatable bonds is 2. The van der Waals surface area contributed by atoms with Crippen LogP contribution in [0, 0.1) is 5.82 Å². The van der Waals surface area contributed by atoms with Crippen LogP contribution in [0.15, 0.2) is 12.1 Å². The molecule has 0 bridgehead atoms. The smallest absolute Gasteiger partial charge is 0.144 e. The number of hydrazine groups is 1. The number of anilines is 2. The van der Waals surface area contributed by atoms with Crippen LogP contribution < -0.4 is 11.2 Å². The molecule has 3 N–H and O–H groups in total. The summed E-state index contributed by atoms with van der Waals surface area (Å²) in [6.45, 7) is 1.92. The summed E-state index contributed by atoms with van der Waals surface area (Å²) in [5, 5.41) is 2.12. The summed E-state index contributed by atoms with van der Waals surface area (Å²) in [4.78, 5) is 0.